The summed E-state index contributed by atoms with van der Waals surface area (Å²) in [5.74, 6) is -2.04. The molecule has 1 aromatic heterocycles. The van der Waals surface area contributed by atoms with Gasteiger partial charge in [-0.15, -0.1) is 0 Å². The Labute approximate surface area is 145 Å². The Balaban J connectivity index is 2.01. The van der Waals surface area contributed by atoms with Crippen LogP contribution in [0.4, 0.5) is 18.9 Å². The van der Waals surface area contributed by atoms with Crippen molar-refractivity contribution in [3.8, 4) is 0 Å². The Kier molecular flexibility index (Phi) is 5.83. The van der Waals surface area contributed by atoms with Gasteiger partial charge in [-0.25, -0.2) is 0 Å². The van der Waals surface area contributed by atoms with Crippen LogP contribution in [0.15, 0.2) is 30.3 Å². The molecule has 0 aliphatic carbocycles. The number of nitrogens with one attached hydrogen (secondary N) is 1. The van der Waals surface area contributed by atoms with Gasteiger partial charge in [-0.1, -0.05) is 0 Å². The Morgan fingerprint density at radius 2 is 1.95 bits per heavy atom. The minimum atomic E-state index is -4.94. The number of alkyl halides is 3. The maximum atomic E-state index is 12.2. The number of hydrogen-bond donors (Lipinski definition) is 1. The molecule has 0 aliphatic rings. The number of carbonyl (C=O) groups is 1. The average Bonchev–Trinajstić information content (AvgIpc) is 2.84. The summed E-state index contributed by atoms with van der Waals surface area (Å²) in [4.78, 5) is 12.0. The van der Waals surface area contributed by atoms with Gasteiger partial charge < -0.3 is 0 Å². The van der Waals surface area contributed by atoms with E-state index in [0.29, 0.717) is 0 Å². The average molecular weight is 430 g/mol. The number of halogens is 5. The molecule has 0 fully saturated rings. The molecule has 1 amide bonds. The molecule has 0 spiro atoms. The van der Waals surface area contributed by atoms with Crippen LogP contribution in [0.5, 0.6) is 0 Å². The molecule has 1 aromatic carbocycles. The molecule has 2 rings (SSSR count). The van der Waals surface area contributed by atoms with E-state index in [9.17, 15) is 18.0 Å². The van der Waals surface area contributed by atoms with E-state index in [0.717, 1.165) is 18.8 Å². The van der Waals surface area contributed by atoms with Crippen molar-refractivity contribution in [1.29, 1.82) is 0 Å². The number of rotatable bonds is 4. The van der Waals surface area contributed by atoms with Crippen LogP contribution in [0.1, 0.15) is 4.88 Å². The van der Waals surface area contributed by atoms with Crippen LogP contribution in [0.2, 0.25) is 9.36 Å². The van der Waals surface area contributed by atoms with E-state index in [1.807, 2.05) is 12.1 Å². The van der Waals surface area contributed by atoms with Gasteiger partial charge in [0.15, 0.2) is 0 Å². The molecule has 1 unspecified atom stereocenters. The summed E-state index contributed by atoms with van der Waals surface area (Å²) in [5.41, 5.74) is -0.0430. The van der Waals surface area contributed by atoms with Crippen molar-refractivity contribution in [3.05, 3.63) is 44.6 Å². The number of carbonyl (C=O) groups excluding carboxylic acids is 1. The van der Waals surface area contributed by atoms with Gasteiger partial charge in [-0.05, 0) is 0 Å². The normalized spacial score (nSPS) is 12.0. The van der Waals surface area contributed by atoms with Gasteiger partial charge in [0.25, 0.3) is 0 Å². The number of anilines is 1. The van der Waals surface area contributed by atoms with E-state index in [2.05, 4.69) is 0 Å². The zero-order valence-electron chi connectivity index (χ0n) is 10.8. The zero-order valence-corrected chi connectivity index (χ0v) is 15.2. The fourth-order valence-electron chi connectivity index (χ4n) is 1.56. The van der Waals surface area contributed by atoms with E-state index in [4.69, 9.17) is 23.2 Å². The Morgan fingerprint density at radius 1 is 1.23 bits per heavy atom. The molecule has 2 aromatic rings. The summed E-state index contributed by atoms with van der Waals surface area (Å²) in [5, 5.41) is 2.73. The standard InChI is InChI=1S/C13H9AsCl2F3NOS/c15-9-5-7(14-6-8-2-4-11(16)22-8)1-3-10(9)20-12(21)13(17,18)19/h1-5,14H,6H2,(H,20,21). The van der Waals surface area contributed by atoms with Crippen LogP contribution in [0, 0.1) is 0 Å². The van der Waals surface area contributed by atoms with Gasteiger partial charge in [0.2, 0.25) is 0 Å². The van der Waals surface area contributed by atoms with Crippen molar-refractivity contribution in [3.63, 3.8) is 0 Å². The van der Waals surface area contributed by atoms with Gasteiger partial charge in [0, 0.05) is 0 Å². The quantitative estimate of drug-likeness (QED) is 0.735. The van der Waals surface area contributed by atoms with Crippen LogP contribution in [-0.4, -0.2) is 27.8 Å². The molecule has 9 heteroatoms. The molecule has 22 heavy (non-hydrogen) atoms. The maximum absolute atomic E-state index is 12.2. The van der Waals surface area contributed by atoms with Crippen molar-refractivity contribution in [2.24, 2.45) is 0 Å². The molecule has 0 saturated heterocycles. The van der Waals surface area contributed by atoms with Crippen molar-refractivity contribution < 1.29 is 18.0 Å². The number of amides is 1. The molecular weight excluding hydrogens is 421 g/mol. The second-order valence-electron chi connectivity index (χ2n) is 4.21. The fraction of sp³-hybridized carbons (Fsp3) is 0.154. The Hall–Kier alpha value is -0.682. The molecule has 0 bridgehead atoms. The third-order valence-corrected chi connectivity index (χ3v) is 7.33. The monoisotopic (exact) mass is 429 g/mol. The van der Waals surface area contributed by atoms with E-state index in [1.165, 1.54) is 17.4 Å². The van der Waals surface area contributed by atoms with Gasteiger partial charge in [-0.2, -0.15) is 0 Å². The molecule has 118 valence electrons. The van der Waals surface area contributed by atoms with E-state index >= 15 is 0 Å². The number of benzene rings is 1. The first kappa shape index (κ1) is 17.7. The Morgan fingerprint density at radius 3 is 2.50 bits per heavy atom. The predicted molar refractivity (Wildman–Crippen MR) is 86.0 cm³/mol. The summed E-state index contributed by atoms with van der Waals surface area (Å²) in [7, 11) is 0. The summed E-state index contributed by atoms with van der Waals surface area (Å²) >= 11 is 12.8. The molecule has 0 radical (unpaired) electrons. The predicted octanol–water partition coefficient (Wildman–Crippen LogP) is 3.82. The zero-order chi connectivity index (χ0) is 16.3. The first-order valence-corrected chi connectivity index (χ1v) is 10.0. The SMILES string of the molecule is O=C(Nc1ccc([AsH]Cc2ccc(Cl)s2)cc1Cl)C(F)(F)F. The van der Waals surface area contributed by atoms with Crippen molar-refractivity contribution in [1.82, 2.24) is 0 Å². The molecule has 1 heterocycles. The first-order valence-electron chi connectivity index (χ1n) is 5.91. The molecule has 0 saturated carbocycles. The molecule has 1 atom stereocenters. The van der Waals surface area contributed by atoms with Gasteiger partial charge >= 0.3 is 145 Å². The van der Waals surface area contributed by atoms with E-state index < -0.39 is 27.8 Å². The van der Waals surface area contributed by atoms with Crippen molar-refractivity contribution >= 4 is 66.2 Å². The number of hydrogen-bond acceptors (Lipinski definition) is 2. The van der Waals surface area contributed by atoms with Gasteiger partial charge in [-0.3, -0.25) is 0 Å². The summed E-state index contributed by atoms with van der Waals surface area (Å²) in [6.45, 7) is 0. The summed E-state index contributed by atoms with van der Waals surface area (Å²) < 4.78 is 38.3. The Bertz CT molecular complexity index is 690. The molecule has 0 aliphatic heterocycles. The topological polar surface area (TPSA) is 29.1 Å². The van der Waals surface area contributed by atoms with Crippen molar-refractivity contribution in [2.45, 2.75) is 11.4 Å². The van der Waals surface area contributed by atoms with Gasteiger partial charge in [0.05, 0.1) is 0 Å². The van der Waals surface area contributed by atoms with Crippen molar-refractivity contribution in [2.75, 3.05) is 5.32 Å². The van der Waals surface area contributed by atoms with Crippen LogP contribution >= 0.6 is 34.5 Å². The third kappa shape index (κ3) is 4.91. The van der Waals surface area contributed by atoms with Crippen LogP contribution in [0.25, 0.3) is 0 Å². The minimum absolute atomic E-state index is 0.0430. The first-order chi connectivity index (χ1) is 10.3. The second kappa shape index (κ2) is 7.26. The number of thiophene rings is 1. The van der Waals surface area contributed by atoms with Gasteiger partial charge in [0.1, 0.15) is 0 Å². The van der Waals surface area contributed by atoms with E-state index in [1.54, 1.807) is 17.4 Å². The van der Waals surface area contributed by atoms with E-state index in [-0.39, 0.29) is 10.7 Å². The summed E-state index contributed by atoms with van der Waals surface area (Å²) in [6.07, 6.45) is -4.94. The molecule has 1 N–H and O–H groups in total. The van der Waals surface area contributed by atoms with Crippen LogP contribution in [-0.2, 0) is 10.0 Å². The second-order valence-corrected chi connectivity index (χ2v) is 9.11. The molecular formula is C13H9AsCl2F3NOS. The van der Waals surface area contributed by atoms with Crippen LogP contribution < -0.4 is 9.67 Å². The molecule has 2 nitrogen and oxygen atoms in total. The summed E-state index contributed by atoms with van der Waals surface area (Å²) in [6, 6.07) is 8.47. The van der Waals surface area contributed by atoms with Crippen LogP contribution in [0.3, 0.4) is 0 Å². The fourth-order valence-corrected chi connectivity index (χ4v) is 5.74. The third-order valence-electron chi connectivity index (χ3n) is 2.57.